The van der Waals surface area contributed by atoms with Crippen LogP contribution in [0.5, 0.6) is 0 Å². The number of hydrogen-bond acceptors (Lipinski definition) is 4. The SMILES string of the molecule is CC(O)CO.CCCCCCC(=O)O.CCCCCCC(=O)O. The van der Waals surface area contributed by atoms with E-state index < -0.39 is 18.0 Å². The van der Waals surface area contributed by atoms with E-state index in [0.29, 0.717) is 12.8 Å². The molecule has 0 amide bonds. The molecule has 0 fully saturated rings. The minimum Gasteiger partial charge on any atom is -0.481 e. The fourth-order valence-electron chi connectivity index (χ4n) is 1.41. The molecular formula is C17H36O6. The van der Waals surface area contributed by atoms with E-state index in [2.05, 4.69) is 13.8 Å². The van der Waals surface area contributed by atoms with Gasteiger partial charge in [0.2, 0.25) is 0 Å². The van der Waals surface area contributed by atoms with Crippen molar-refractivity contribution in [2.24, 2.45) is 0 Å². The largest absolute Gasteiger partial charge is 0.481 e. The van der Waals surface area contributed by atoms with Crippen molar-refractivity contribution in [3.63, 3.8) is 0 Å². The van der Waals surface area contributed by atoms with Crippen LogP contribution in [-0.4, -0.2) is 45.1 Å². The van der Waals surface area contributed by atoms with E-state index >= 15 is 0 Å². The summed E-state index contributed by atoms with van der Waals surface area (Å²) in [6.07, 6.45) is 8.55. The Hall–Kier alpha value is -1.14. The number of aliphatic hydroxyl groups excluding tert-OH is 2. The van der Waals surface area contributed by atoms with Crippen molar-refractivity contribution in [3.05, 3.63) is 0 Å². The van der Waals surface area contributed by atoms with Crippen LogP contribution in [0.1, 0.15) is 85.0 Å². The van der Waals surface area contributed by atoms with Gasteiger partial charge in [0.15, 0.2) is 0 Å². The highest BCUT2D eigenvalue weighted by Gasteiger charge is 1.94. The van der Waals surface area contributed by atoms with Crippen molar-refractivity contribution < 1.29 is 30.0 Å². The van der Waals surface area contributed by atoms with E-state index in [1.807, 2.05) is 0 Å². The minimum absolute atomic E-state index is 0.139. The third-order valence-corrected chi connectivity index (χ3v) is 2.75. The maximum atomic E-state index is 9.96. The molecule has 0 aromatic rings. The molecule has 0 aliphatic rings. The first kappa shape index (κ1) is 26.7. The molecule has 4 N–H and O–H groups in total. The summed E-state index contributed by atoms with van der Waals surface area (Å²) in [6, 6.07) is 0. The van der Waals surface area contributed by atoms with Crippen molar-refractivity contribution in [2.75, 3.05) is 6.61 Å². The van der Waals surface area contributed by atoms with E-state index in [9.17, 15) is 9.59 Å². The summed E-state index contributed by atoms with van der Waals surface area (Å²) in [5, 5.41) is 32.4. The average Bonchev–Trinajstić information content (AvgIpc) is 2.49. The fourth-order valence-corrected chi connectivity index (χ4v) is 1.41. The molecule has 0 aromatic carbocycles. The van der Waals surface area contributed by atoms with Crippen LogP contribution in [0, 0.1) is 0 Å². The normalized spacial score (nSPS) is 10.7. The van der Waals surface area contributed by atoms with Crippen LogP contribution < -0.4 is 0 Å². The van der Waals surface area contributed by atoms with Crippen LogP contribution in [0.2, 0.25) is 0 Å². The Labute approximate surface area is 140 Å². The number of hydrogen-bond donors (Lipinski definition) is 4. The van der Waals surface area contributed by atoms with Crippen LogP contribution >= 0.6 is 0 Å². The van der Waals surface area contributed by atoms with Gasteiger partial charge in [0.05, 0.1) is 12.7 Å². The summed E-state index contributed by atoms with van der Waals surface area (Å²) in [4.78, 5) is 19.9. The van der Waals surface area contributed by atoms with Gasteiger partial charge in [-0.1, -0.05) is 52.4 Å². The van der Waals surface area contributed by atoms with Gasteiger partial charge in [-0.15, -0.1) is 0 Å². The summed E-state index contributed by atoms with van der Waals surface area (Å²) in [5.74, 6) is -1.35. The third kappa shape index (κ3) is 44.9. The zero-order chi connectivity index (χ0) is 18.5. The lowest BCUT2D eigenvalue weighted by Gasteiger charge is -1.92. The number of rotatable bonds is 11. The number of carbonyl (C=O) groups is 2. The summed E-state index contributed by atoms with van der Waals surface area (Å²) in [6.45, 7) is 5.61. The predicted octanol–water partition coefficient (Wildman–Crippen LogP) is 3.44. The molecule has 0 aliphatic carbocycles. The number of unbranched alkanes of at least 4 members (excludes halogenated alkanes) is 6. The Morgan fingerprint density at radius 1 is 0.783 bits per heavy atom. The maximum absolute atomic E-state index is 9.96. The van der Waals surface area contributed by atoms with Gasteiger partial charge < -0.3 is 20.4 Å². The Morgan fingerprint density at radius 3 is 1.26 bits per heavy atom. The smallest absolute Gasteiger partial charge is 0.303 e. The third-order valence-electron chi connectivity index (χ3n) is 2.75. The van der Waals surface area contributed by atoms with Crippen LogP contribution in [0.4, 0.5) is 0 Å². The van der Waals surface area contributed by atoms with Gasteiger partial charge in [0.25, 0.3) is 0 Å². The Morgan fingerprint density at radius 2 is 1.09 bits per heavy atom. The van der Waals surface area contributed by atoms with Gasteiger partial charge in [-0.3, -0.25) is 9.59 Å². The number of aliphatic hydroxyl groups is 2. The van der Waals surface area contributed by atoms with E-state index in [-0.39, 0.29) is 6.61 Å². The molecule has 1 unspecified atom stereocenters. The zero-order valence-corrected chi connectivity index (χ0v) is 15.0. The highest BCUT2D eigenvalue weighted by molar-refractivity contribution is 5.66. The second-order valence-electron chi connectivity index (χ2n) is 5.44. The summed E-state index contributed by atoms with van der Waals surface area (Å²) in [5.41, 5.74) is 0. The van der Waals surface area contributed by atoms with Crippen molar-refractivity contribution in [2.45, 2.75) is 91.1 Å². The molecule has 6 heteroatoms. The van der Waals surface area contributed by atoms with Gasteiger partial charge in [-0.05, 0) is 19.8 Å². The molecule has 0 aromatic heterocycles. The van der Waals surface area contributed by atoms with E-state index in [4.69, 9.17) is 20.4 Å². The summed E-state index contributed by atoms with van der Waals surface area (Å²) >= 11 is 0. The highest BCUT2D eigenvalue weighted by atomic mass is 16.4. The Balaban J connectivity index is -0.000000273. The monoisotopic (exact) mass is 336 g/mol. The van der Waals surface area contributed by atoms with Crippen molar-refractivity contribution in [1.29, 1.82) is 0 Å². The molecule has 0 bridgehead atoms. The second-order valence-corrected chi connectivity index (χ2v) is 5.44. The quantitative estimate of drug-likeness (QED) is 0.430. The van der Waals surface area contributed by atoms with Gasteiger partial charge in [0.1, 0.15) is 0 Å². The minimum atomic E-state index is -0.675. The van der Waals surface area contributed by atoms with Gasteiger partial charge in [0, 0.05) is 12.8 Å². The molecule has 140 valence electrons. The molecular weight excluding hydrogens is 300 g/mol. The molecule has 23 heavy (non-hydrogen) atoms. The van der Waals surface area contributed by atoms with Crippen molar-refractivity contribution >= 4 is 11.9 Å². The van der Waals surface area contributed by atoms with Gasteiger partial charge >= 0.3 is 11.9 Å². The van der Waals surface area contributed by atoms with Crippen LogP contribution in [0.25, 0.3) is 0 Å². The lowest BCUT2D eigenvalue weighted by atomic mass is 10.2. The second kappa shape index (κ2) is 23.1. The lowest BCUT2D eigenvalue weighted by molar-refractivity contribution is -0.138. The highest BCUT2D eigenvalue weighted by Crippen LogP contribution is 2.01. The molecule has 0 rings (SSSR count). The Kier molecular flexibility index (Phi) is 26.9. The molecule has 0 spiro atoms. The van der Waals surface area contributed by atoms with Crippen molar-refractivity contribution in [3.8, 4) is 0 Å². The zero-order valence-electron chi connectivity index (χ0n) is 15.0. The van der Waals surface area contributed by atoms with E-state index in [0.717, 1.165) is 38.5 Å². The first-order valence-corrected chi connectivity index (χ1v) is 8.54. The molecule has 6 nitrogen and oxygen atoms in total. The summed E-state index contributed by atoms with van der Waals surface area (Å²) in [7, 11) is 0. The number of aliphatic carboxylic acids is 2. The van der Waals surface area contributed by atoms with Crippen LogP contribution in [-0.2, 0) is 9.59 Å². The van der Waals surface area contributed by atoms with E-state index in [1.165, 1.54) is 19.8 Å². The molecule has 1 atom stereocenters. The Bertz CT molecular complexity index is 231. The maximum Gasteiger partial charge on any atom is 0.303 e. The van der Waals surface area contributed by atoms with E-state index in [1.54, 1.807) is 0 Å². The van der Waals surface area contributed by atoms with Gasteiger partial charge in [-0.2, -0.15) is 0 Å². The topological polar surface area (TPSA) is 115 Å². The fraction of sp³-hybridized carbons (Fsp3) is 0.882. The molecule has 0 saturated carbocycles. The van der Waals surface area contributed by atoms with Crippen LogP contribution in [0.3, 0.4) is 0 Å². The molecule has 0 aliphatic heterocycles. The molecule has 0 heterocycles. The van der Waals surface area contributed by atoms with Crippen molar-refractivity contribution in [1.82, 2.24) is 0 Å². The first-order chi connectivity index (χ1) is 10.8. The molecule has 0 radical (unpaired) electrons. The first-order valence-electron chi connectivity index (χ1n) is 8.54. The number of carboxylic acid groups (broad SMARTS) is 2. The standard InChI is InChI=1S/2C7H14O2.C3H8O2/c2*1-2-3-4-5-6-7(8)9;1-3(5)2-4/h2*2-6H2,1H3,(H,8,9);3-5H,2H2,1H3. The predicted molar refractivity (Wildman–Crippen MR) is 91.6 cm³/mol. The molecule has 0 saturated heterocycles. The average molecular weight is 336 g/mol. The van der Waals surface area contributed by atoms with Crippen LogP contribution in [0.15, 0.2) is 0 Å². The lowest BCUT2D eigenvalue weighted by Crippen LogP contribution is -2.03. The summed E-state index contributed by atoms with van der Waals surface area (Å²) < 4.78 is 0. The number of carboxylic acids is 2. The van der Waals surface area contributed by atoms with Gasteiger partial charge in [-0.25, -0.2) is 0 Å².